The number of esters is 1. The Kier molecular flexibility index (Phi) is 8.02. The van der Waals surface area contributed by atoms with Crippen molar-refractivity contribution in [3.05, 3.63) is 95.9 Å². The van der Waals surface area contributed by atoms with E-state index in [4.69, 9.17) is 19.6 Å². The van der Waals surface area contributed by atoms with Gasteiger partial charge in [-0.25, -0.2) is 9.78 Å². The number of anilines is 2. The van der Waals surface area contributed by atoms with E-state index in [1.807, 2.05) is 61.5 Å². The molecule has 3 N–H and O–H groups in total. The van der Waals surface area contributed by atoms with E-state index in [1.54, 1.807) is 32.0 Å². The number of hydrogen-bond acceptors (Lipinski definition) is 7. The molecule has 7 nitrogen and oxygen atoms in total. The molecule has 0 fully saturated rings. The fraction of sp³-hybridized carbons (Fsp3) is 0.241. The van der Waals surface area contributed by atoms with E-state index in [1.165, 1.54) is 0 Å². The van der Waals surface area contributed by atoms with Crippen molar-refractivity contribution in [2.45, 2.75) is 39.3 Å². The van der Waals surface area contributed by atoms with Gasteiger partial charge in [0.25, 0.3) is 0 Å². The first-order valence-electron chi connectivity index (χ1n) is 11.9. The molecule has 3 aromatic carbocycles. The summed E-state index contributed by atoms with van der Waals surface area (Å²) >= 11 is 0. The number of nitrogens with two attached hydrogens (primary N) is 1. The van der Waals surface area contributed by atoms with Crippen molar-refractivity contribution >= 4 is 17.3 Å². The highest BCUT2D eigenvalue weighted by Gasteiger charge is 2.19. The van der Waals surface area contributed by atoms with E-state index in [-0.39, 0.29) is 6.10 Å². The van der Waals surface area contributed by atoms with Crippen LogP contribution in [0.1, 0.15) is 36.9 Å². The Morgan fingerprint density at radius 1 is 1.03 bits per heavy atom. The lowest BCUT2D eigenvalue weighted by Gasteiger charge is -2.14. The Labute approximate surface area is 211 Å². The van der Waals surface area contributed by atoms with Crippen LogP contribution in [0.3, 0.4) is 0 Å². The molecule has 0 aliphatic heterocycles. The lowest BCUT2D eigenvalue weighted by atomic mass is 10.1. The summed E-state index contributed by atoms with van der Waals surface area (Å²) in [5, 5.41) is 3.36. The Morgan fingerprint density at radius 3 is 2.47 bits per heavy atom. The van der Waals surface area contributed by atoms with E-state index >= 15 is 0 Å². The molecule has 0 aliphatic rings. The Balaban J connectivity index is 1.34. The first-order valence-corrected chi connectivity index (χ1v) is 11.9. The van der Waals surface area contributed by atoms with Crippen molar-refractivity contribution in [2.24, 2.45) is 5.73 Å². The number of carbonyl (C=O) groups excluding carboxylic acids is 1. The zero-order chi connectivity index (χ0) is 25.5. The minimum absolute atomic E-state index is 0.234. The van der Waals surface area contributed by atoms with E-state index in [0.717, 1.165) is 28.4 Å². The largest absolute Gasteiger partial charge is 0.493 e. The fourth-order valence-electron chi connectivity index (χ4n) is 3.59. The van der Waals surface area contributed by atoms with Crippen LogP contribution in [0.25, 0.3) is 11.5 Å². The summed E-state index contributed by atoms with van der Waals surface area (Å²) in [6.45, 7) is 5.83. The quantitative estimate of drug-likeness (QED) is 0.276. The molecule has 1 radical (unpaired) electrons. The molecule has 4 aromatic rings. The number of nitrogens with one attached hydrogen (secondary N) is 1. The smallest absolute Gasteiger partial charge is 0.327 e. The van der Waals surface area contributed by atoms with Gasteiger partial charge in [-0.2, -0.15) is 0 Å². The van der Waals surface area contributed by atoms with Gasteiger partial charge in [-0.3, -0.25) is 0 Å². The summed E-state index contributed by atoms with van der Waals surface area (Å²) in [4.78, 5) is 16.8. The number of nitrogens with zero attached hydrogens (tertiary/aromatic N) is 1. The van der Waals surface area contributed by atoms with Gasteiger partial charge in [-0.15, -0.1) is 0 Å². The van der Waals surface area contributed by atoms with Gasteiger partial charge < -0.3 is 24.9 Å². The van der Waals surface area contributed by atoms with Crippen LogP contribution >= 0.6 is 0 Å². The number of benzene rings is 3. The third-order valence-electron chi connectivity index (χ3n) is 5.42. The summed E-state index contributed by atoms with van der Waals surface area (Å²) in [5.74, 6) is 1.32. The summed E-state index contributed by atoms with van der Waals surface area (Å²) in [6.07, 6.45) is 0.324. The van der Waals surface area contributed by atoms with Crippen LogP contribution < -0.4 is 15.8 Å². The number of aryl methyl sites for hydroxylation is 1. The van der Waals surface area contributed by atoms with Crippen molar-refractivity contribution < 1.29 is 18.7 Å². The minimum Gasteiger partial charge on any atom is -0.493 e. The molecule has 0 aliphatic carbocycles. The van der Waals surface area contributed by atoms with E-state index in [2.05, 4.69) is 16.4 Å². The average molecular weight is 485 g/mol. The van der Waals surface area contributed by atoms with Crippen molar-refractivity contribution in [1.29, 1.82) is 0 Å². The summed E-state index contributed by atoms with van der Waals surface area (Å²) in [6, 6.07) is 25.4. The van der Waals surface area contributed by atoms with Crippen LogP contribution in [0.2, 0.25) is 0 Å². The second kappa shape index (κ2) is 11.6. The molecule has 0 amide bonds. The maximum atomic E-state index is 12.1. The lowest BCUT2D eigenvalue weighted by molar-refractivity contribution is -0.149. The van der Waals surface area contributed by atoms with Crippen LogP contribution in [-0.4, -0.2) is 23.7 Å². The molecule has 1 aromatic heterocycles. The van der Waals surface area contributed by atoms with Gasteiger partial charge in [-0.1, -0.05) is 30.3 Å². The van der Waals surface area contributed by atoms with Crippen molar-refractivity contribution in [1.82, 2.24) is 4.98 Å². The average Bonchev–Trinajstić information content (AvgIpc) is 3.24. The van der Waals surface area contributed by atoms with Crippen LogP contribution in [0, 0.1) is 13.0 Å². The molecular formula is C29H30N3O4. The van der Waals surface area contributed by atoms with Gasteiger partial charge in [0.05, 0.1) is 18.4 Å². The molecule has 0 bridgehead atoms. The van der Waals surface area contributed by atoms with Gasteiger partial charge >= 0.3 is 5.97 Å². The van der Waals surface area contributed by atoms with Crippen molar-refractivity contribution in [3.63, 3.8) is 0 Å². The SMILES string of the molecule is Cc1oc(-c2ccc(Nc3ccccc3)cc2)nc1CCOc1[c]c(C(N)C(=O)OC(C)C)ccc1. The number of hydrogen-bond donors (Lipinski definition) is 2. The third kappa shape index (κ3) is 6.52. The number of aromatic nitrogens is 1. The summed E-state index contributed by atoms with van der Waals surface area (Å²) < 4.78 is 16.9. The van der Waals surface area contributed by atoms with Crippen molar-refractivity contribution in [3.8, 4) is 17.2 Å². The number of ether oxygens (including phenoxy) is 2. The first kappa shape index (κ1) is 25.0. The molecule has 1 heterocycles. The van der Waals surface area contributed by atoms with Gasteiger partial charge in [-0.05, 0) is 68.8 Å². The Hall–Kier alpha value is -4.10. The maximum Gasteiger partial charge on any atom is 0.327 e. The van der Waals surface area contributed by atoms with E-state index in [9.17, 15) is 4.79 Å². The first-order chi connectivity index (χ1) is 17.4. The van der Waals surface area contributed by atoms with Gasteiger partial charge in [0.1, 0.15) is 17.6 Å². The molecule has 0 saturated carbocycles. The van der Waals surface area contributed by atoms with Crippen LogP contribution in [0.5, 0.6) is 5.75 Å². The third-order valence-corrected chi connectivity index (χ3v) is 5.42. The molecule has 7 heteroatoms. The highest BCUT2D eigenvalue weighted by atomic mass is 16.5. The molecule has 1 atom stereocenters. The maximum absolute atomic E-state index is 12.1. The van der Waals surface area contributed by atoms with Crippen LogP contribution in [-0.2, 0) is 16.0 Å². The zero-order valence-corrected chi connectivity index (χ0v) is 20.7. The van der Waals surface area contributed by atoms with E-state index in [0.29, 0.717) is 30.2 Å². The Bertz CT molecular complexity index is 1280. The normalized spacial score (nSPS) is 11.8. The minimum atomic E-state index is -0.912. The standard InChI is InChI=1S/C29H30N3O4/c1-19(2)35-29(33)27(30)22-8-7-11-25(18-22)34-17-16-26-20(3)36-28(32-26)21-12-14-24(15-13-21)31-23-9-5-4-6-10-23/h4-15,19,27,31H,16-17,30H2,1-3H3. The summed E-state index contributed by atoms with van der Waals surface area (Å²) in [5.41, 5.74) is 10.3. The molecule has 1 unspecified atom stereocenters. The predicted octanol–water partition coefficient (Wildman–Crippen LogP) is 5.77. The molecule has 185 valence electrons. The molecule has 4 rings (SSSR count). The molecule has 0 spiro atoms. The number of carbonyl (C=O) groups is 1. The van der Waals surface area contributed by atoms with Crippen molar-refractivity contribution in [2.75, 3.05) is 11.9 Å². The fourth-order valence-corrected chi connectivity index (χ4v) is 3.59. The number of oxazole rings is 1. The van der Waals surface area contributed by atoms with Crippen LogP contribution in [0.15, 0.2) is 77.2 Å². The molecule has 36 heavy (non-hydrogen) atoms. The monoisotopic (exact) mass is 484 g/mol. The Morgan fingerprint density at radius 2 is 1.75 bits per heavy atom. The van der Waals surface area contributed by atoms with Gasteiger partial charge in [0.15, 0.2) is 0 Å². The van der Waals surface area contributed by atoms with E-state index < -0.39 is 12.0 Å². The highest BCUT2D eigenvalue weighted by molar-refractivity contribution is 5.77. The highest BCUT2D eigenvalue weighted by Crippen LogP contribution is 2.25. The second-order valence-electron chi connectivity index (χ2n) is 8.62. The van der Waals surface area contributed by atoms with Gasteiger partial charge in [0.2, 0.25) is 5.89 Å². The number of para-hydroxylation sites is 1. The van der Waals surface area contributed by atoms with Crippen LogP contribution in [0.4, 0.5) is 11.4 Å². The predicted molar refractivity (Wildman–Crippen MR) is 139 cm³/mol. The van der Waals surface area contributed by atoms with Gasteiger partial charge in [0, 0.05) is 29.4 Å². The topological polar surface area (TPSA) is 99.6 Å². The number of rotatable bonds is 10. The molecule has 0 saturated heterocycles. The zero-order valence-electron chi connectivity index (χ0n) is 20.7. The summed E-state index contributed by atoms with van der Waals surface area (Å²) in [7, 11) is 0. The molecular weight excluding hydrogens is 454 g/mol. The second-order valence-corrected chi connectivity index (χ2v) is 8.62. The lowest BCUT2D eigenvalue weighted by Crippen LogP contribution is -2.26.